The predicted octanol–water partition coefficient (Wildman–Crippen LogP) is 3.51. The van der Waals surface area contributed by atoms with Crippen LogP contribution in [0.25, 0.3) is 10.8 Å². The van der Waals surface area contributed by atoms with Gasteiger partial charge in [-0.25, -0.2) is 0 Å². The van der Waals surface area contributed by atoms with E-state index in [9.17, 15) is 4.79 Å². The summed E-state index contributed by atoms with van der Waals surface area (Å²) in [6.45, 7) is 9.09. The summed E-state index contributed by atoms with van der Waals surface area (Å²) in [6, 6.07) is 15.2. The lowest BCUT2D eigenvalue weighted by molar-refractivity contribution is -0.134. The number of benzene rings is 2. The van der Waals surface area contributed by atoms with Crippen molar-refractivity contribution in [1.82, 2.24) is 15.1 Å². The minimum absolute atomic E-state index is 0.350. The van der Waals surface area contributed by atoms with Gasteiger partial charge < -0.3 is 10.2 Å². The Morgan fingerprint density at radius 3 is 2.68 bits per heavy atom. The van der Waals surface area contributed by atoms with E-state index in [-0.39, 0.29) is 0 Å². The zero-order valence-electron chi connectivity index (χ0n) is 17.1. The van der Waals surface area contributed by atoms with Crippen molar-refractivity contribution in [3.63, 3.8) is 0 Å². The third-order valence-electron chi connectivity index (χ3n) is 6.64. The quantitative estimate of drug-likeness (QED) is 0.864. The minimum atomic E-state index is 0.350. The second-order valence-electron chi connectivity index (χ2n) is 8.58. The molecule has 2 saturated heterocycles. The Labute approximate surface area is 168 Å². The molecule has 2 aromatic carbocycles. The Balaban J connectivity index is 1.28. The zero-order chi connectivity index (χ0) is 19.3. The molecule has 0 bridgehead atoms. The van der Waals surface area contributed by atoms with Crippen LogP contribution >= 0.6 is 0 Å². The molecule has 28 heavy (non-hydrogen) atoms. The molecule has 1 amide bonds. The second-order valence-corrected chi connectivity index (χ2v) is 8.58. The van der Waals surface area contributed by atoms with Gasteiger partial charge in [0.25, 0.3) is 0 Å². The van der Waals surface area contributed by atoms with E-state index >= 15 is 0 Å². The van der Waals surface area contributed by atoms with Crippen molar-refractivity contribution in [3.05, 3.63) is 48.0 Å². The van der Waals surface area contributed by atoms with Crippen LogP contribution in [0.2, 0.25) is 0 Å². The second kappa shape index (κ2) is 9.06. The topological polar surface area (TPSA) is 35.6 Å². The van der Waals surface area contributed by atoms with Gasteiger partial charge in [-0.15, -0.1) is 0 Å². The van der Waals surface area contributed by atoms with Crippen molar-refractivity contribution in [3.8, 4) is 0 Å². The lowest BCUT2D eigenvalue weighted by Crippen LogP contribution is -2.49. The van der Waals surface area contributed by atoms with E-state index < -0.39 is 0 Å². The average Bonchev–Trinajstić information content (AvgIpc) is 2.75. The molecule has 2 aliphatic rings. The SMILES string of the molecule is CC(CC(=O)N1CCN(Cc2cccc3ccccc23)CC1)C1CCCNC1. The fraction of sp³-hybridized carbons (Fsp3) is 0.542. The molecule has 2 aromatic rings. The highest BCUT2D eigenvalue weighted by Crippen LogP contribution is 2.24. The van der Waals surface area contributed by atoms with E-state index in [2.05, 4.69) is 64.5 Å². The van der Waals surface area contributed by atoms with Crippen LogP contribution < -0.4 is 5.32 Å². The number of fused-ring (bicyclic) bond motifs is 1. The van der Waals surface area contributed by atoms with Gasteiger partial charge in [0.15, 0.2) is 0 Å². The van der Waals surface area contributed by atoms with Crippen molar-refractivity contribution in [2.75, 3.05) is 39.3 Å². The van der Waals surface area contributed by atoms with E-state index in [4.69, 9.17) is 0 Å². The Bertz CT molecular complexity index is 786. The van der Waals surface area contributed by atoms with Gasteiger partial charge in [0.05, 0.1) is 0 Å². The van der Waals surface area contributed by atoms with Gasteiger partial charge in [-0.2, -0.15) is 0 Å². The van der Waals surface area contributed by atoms with Gasteiger partial charge in [0, 0.05) is 39.1 Å². The average molecular weight is 380 g/mol. The Morgan fingerprint density at radius 2 is 1.89 bits per heavy atom. The van der Waals surface area contributed by atoms with Crippen molar-refractivity contribution in [2.45, 2.75) is 32.7 Å². The Morgan fingerprint density at radius 1 is 1.11 bits per heavy atom. The van der Waals surface area contributed by atoms with Crippen LogP contribution in [-0.4, -0.2) is 55.0 Å². The third-order valence-corrected chi connectivity index (χ3v) is 6.64. The molecule has 0 aliphatic carbocycles. The molecular formula is C24H33N3O. The fourth-order valence-corrected chi connectivity index (χ4v) is 4.76. The maximum atomic E-state index is 12.8. The number of nitrogens with zero attached hydrogens (tertiary/aromatic N) is 2. The maximum absolute atomic E-state index is 12.8. The molecule has 2 unspecified atom stereocenters. The van der Waals surface area contributed by atoms with Crippen molar-refractivity contribution >= 4 is 16.7 Å². The van der Waals surface area contributed by atoms with E-state index in [1.54, 1.807) is 0 Å². The summed E-state index contributed by atoms with van der Waals surface area (Å²) < 4.78 is 0. The van der Waals surface area contributed by atoms with Gasteiger partial charge in [0.1, 0.15) is 0 Å². The van der Waals surface area contributed by atoms with E-state index in [1.165, 1.54) is 29.2 Å². The molecule has 0 aromatic heterocycles. The lowest BCUT2D eigenvalue weighted by atomic mass is 9.85. The smallest absolute Gasteiger partial charge is 0.222 e. The summed E-state index contributed by atoms with van der Waals surface area (Å²) in [5, 5.41) is 6.13. The Hall–Kier alpha value is -1.91. The van der Waals surface area contributed by atoms with E-state index in [0.717, 1.165) is 45.8 Å². The van der Waals surface area contributed by atoms with Gasteiger partial charge in [0.2, 0.25) is 5.91 Å². The molecule has 2 atom stereocenters. The minimum Gasteiger partial charge on any atom is -0.340 e. The summed E-state index contributed by atoms with van der Waals surface area (Å²) in [7, 11) is 0. The number of nitrogens with one attached hydrogen (secondary N) is 1. The van der Waals surface area contributed by atoms with Crippen LogP contribution in [0, 0.1) is 11.8 Å². The largest absolute Gasteiger partial charge is 0.340 e. The number of hydrogen-bond donors (Lipinski definition) is 1. The van der Waals surface area contributed by atoms with Crippen molar-refractivity contribution in [1.29, 1.82) is 0 Å². The number of amides is 1. The molecule has 150 valence electrons. The normalized spacial score (nSPS) is 22.3. The molecule has 0 spiro atoms. The first-order valence-electron chi connectivity index (χ1n) is 10.9. The van der Waals surface area contributed by atoms with Gasteiger partial charge in [-0.3, -0.25) is 9.69 Å². The molecule has 4 heteroatoms. The lowest BCUT2D eigenvalue weighted by Gasteiger charge is -2.36. The number of carbonyl (C=O) groups is 1. The molecule has 1 N–H and O–H groups in total. The van der Waals surface area contributed by atoms with Gasteiger partial charge >= 0.3 is 0 Å². The Kier molecular flexibility index (Phi) is 6.28. The van der Waals surface area contributed by atoms with Crippen LogP contribution in [0.4, 0.5) is 0 Å². The van der Waals surface area contributed by atoms with E-state index in [1.807, 2.05) is 0 Å². The van der Waals surface area contributed by atoms with Crippen LogP contribution in [0.5, 0.6) is 0 Å². The third kappa shape index (κ3) is 4.56. The zero-order valence-corrected chi connectivity index (χ0v) is 17.1. The highest BCUT2D eigenvalue weighted by molar-refractivity contribution is 5.85. The summed E-state index contributed by atoms with van der Waals surface area (Å²) in [5.41, 5.74) is 1.39. The number of hydrogen-bond acceptors (Lipinski definition) is 3. The summed E-state index contributed by atoms with van der Waals surface area (Å²) in [4.78, 5) is 17.4. The molecule has 0 saturated carbocycles. The van der Waals surface area contributed by atoms with Crippen molar-refractivity contribution < 1.29 is 4.79 Å². The van der Waals surface area contributed by atoms with Crippen LogP contribution in [0.1, 0.15) is 31.7 Å². The molecule has 2 fully saturated rings. The molecule has 4 rings (SSSR count). The molecule has 2 aliphatic heterocycles. The summed E-state index contributed by atoms with van der Waals surface area (Å²) in [6.07, 6.45) is 3.21. The summed E-state index contributed by atoms with van der Waals surface area (Å²) >= 11 is 0. The molecule has 2 heterocycles. The number of piperidine rings is 1. The highest BCUT2D eigenvalue weighted by Gasteiger charge is 2.26. The fourth-order valence-electron chi connectivity index (χ4n) is 4.76. The van der Waals surface area contributed by atoms with Crippen LogP contribution in [0.3, 0.4) is 0 Å². The van der Waals surface area contributed by atoms with Crippen LogP contribution in [0.15, 0.2) is 42.5 Å². The number of carbonyl (C=O) groups excluding carboxylic acids is 1. The summed E-state index contributed by atoms with van der Waals surface area (Å²) in [5.74, 6) is 1.49. The first-order valence-corrected chi connectivity index (χ1v) is 10.9. The molecule has 4 nitrogen and oxygen atoms in total. The molecular weight excluding hydrogens is 346 g/mol. The predicted molar refractivity (Wildman–Crippen MR) is 115 cm³/mol. The van der Waals surface area contributed by atoms with Crippen LogP contribution in [-0.2, 0) is 11.3 Å². The standard InChI is InChI=1S/C24H33N3O/c1-19(21-9-5-11-25-17-21)16-24(28)27-14-12-26(13-15-27)18-22-8-4-7-20-6-2-3-10-23(20)22/h2-4,6-8,10,19,21,25H,5,9,11-18H2,1H3. The first-order chi connectivity index (χ1) is 13.7. The van der Waals surface area contributed by atoms with E-state index in [0.29, 0.717) is 24.2 Å². The monoisotopic (exact) mass is 379 g/mol. The number of rotatable bonds is 5. The highest BCUT2D eigenvalue weighted by atomic mass is 16.2. The van der Waals surface area contributed by atoms with Gasteiger partial charge in [-0.05, 0) is 54.1 Å². The van der Waals surface area contributed by atoms with Crippen molar-refractivity contribution in [2.24, 2.45) is 11.8 Å². The molecule has 0 radical (unpaired) electrons. The maximum Gasteiger partial charge on any atom is 0.222 e. The number of piperazine rings is 1. The van der Waals surface area contributed by atoms with Gasteiger partial charge in [-0.1, -0.05) is 49.4 Å². The first kappa shape index (κ1) is 19.4.